The number of nitrogens with one attached hydrogen (secondary N) is 1. The van der Waals surface area contributed by atoms with Crippen LogP contribution in [-0.4, -0.2) is 5.91 Å². The van der Waals surface area contributed by atoms with Gasteiger partial charge in [0.1, 0.15) is 28.9 Å². The number of hydrogen-bond donors (Lipinski definition) is 1. The molecular weight excluding hydrogens is 403 g/mol. The van der Waals surface area contributed by atoms with Crippen LogP contribution in [0.2, 0.25) is 10.0 Å². The van der Waals surface area contributed by atoms with Gasteiger partial charge in [-0.2, -0.15) is 0 Å². The molecule has 0 aliphatic rings. The molecule has 0 fully saturated rings. The zero-order valence-corrected chi connectivity index (χ0v) is 15.4. The SMILES string of the molecule is O=C(Nc1ccc(F)cc1F)c1sccc1OCc1ccc(Cl)cc1Cl. The molecule has 0 unspecified atom stereocenters. The maximum atomic E-state index is 13.7. The van der Waals surface area contributed by atoms with Gasteiger partial charge in [-0.3, -0.25) is 4.79 Å². The van der Waals surface area contributed by atoms with Gasteiger partial charge in [0, 0.05) is 21.7 Å². The highest BCUT2D eigenvalue weighted by molar-refractivity contribution is 7.12. The molecule has 1 amide bonds. The number of anilines is 1. The zero-order valence-electron chi connectivity index (χ0n) is 13.1. The first-order valence-corrected chi connectivity index (χ1v) is 8.98. The Kier molecular flexibility index (Phi) is 5.76. The smallest absolute Gasteiger partial charge is 0.269 e. The molecule has 0 radical (unpaired) electrons. The molecule has 1 aromatic heterocycles. The van der Waals surface area contributed by atoms with Crippen LogP contribution >= 0.6 is 34.5 Å². The molecule has 0 aliphatic heterocycles. The quantitative estimate of drug-likeness (QED) is 0.543. The van der Waals surface area contributed by atoms with Gasteiger partial charge in [0.15, 0.2) is 0 Å². The summed E-state index contributed by atoms with van der Waals surface area (Å²) in [5.74, 6) is -1.80. The summed E-state index contributed by atoms with van der Waals surface area (Å²) in [6.45, 7) is 0.137. The van der Waals surface area contributed by atoms with Crippen molar-refractivity contribution in [1.82, 2.24) is 0 Å². The van der Waals surface area contributed by atoms with E-state index in [4.69, 9.17) is 27.9 Å². The van der Waals surface area contributed by atoms with Gasteiger partial charge in [-0.25, -0.2) is 8.78 Å². The Morgan fingerprint density at radius 3 is 2.65 bits per heavy atom. The summed E-state index contributed by atoms with van der Waals surface area (Å²) >= 11 is 13.1. The molecule has 0 saturated carbocycles. The number of halogens is 4. The van der Waals surface area contributed by atoms with Gasteiger partial charge in [0.25, 0.3) is 5.91 Å². The molecular formula is C18H11Cl2F2NO2S. The van der Waals surface area contributed by atoms with E-state index in [1.807, 2.05) is 0 Å². The van der Waals surface area contributed by atoms with Gasteiger partial charge in [0.2, 0.25) is 0 Å². The van der Waals surface area contributed by atoms with Crippen LogP contribution in [0.5, 0.6) is 5.75 Å². The fourth-order valence-electron chi connectivity index (χ4n) is 2.14. The maximum absolute atomic E-state index is 13.7. The van der Waals surface area contributed by atoms with Crippen LogP contribution in [0.25, 0.3) is 0 Å². The van der Waals surface area contributed by atoms with Crippen molar-refractivity contribution >= 4 is 46.1 Å². The molecule has 1 N–H and O–H groups in total. The van der Waals surface area contributed by atoms with Crippen LogP contribution in [0.1, 0.15) is 15.2 Å². The molecule has 134 valence electrons. The number of carbonyl (C=O) groups excluding carboxylic acids is 1. The lowest BCUT2D eigenvalue weighted by atomic mass is 10.2. The topological polar surface area (TPSA) is 38.3 Å². The fourth-order valence-corrected chi connectivity index (χ4v) is 3.33. The monoisotopic (exact) mass is 413 g/mol. The highest BCUT2D eigenvalue weighted by atomic mass is 35.5. The molecule has 0 atom stereocenters. The molecule has 2 aromatic carbocycles. The Hall–Kier alpha value is -2.15. The third-order valence-corrected chi connectivity index (χ3v) is 4.89. The van der Waals surface area contributed by atoms with Crippen molar-refractivity contribution in [2.24, 2.45) is 0 Å². The minimum atomic E-state index is -0.856. The third-order valence-electron chi connectivity index (χ3n) is 3.41. The van der Waals surface area contributed by atoms with Gasteiger partial charge < -0.3 is 10.1 Å². The zero-order chi connectivity index (χ0) is 18.7. The molecule has 0 saturated heterocycles. The van der Waals surface area contributed by atoms with Gasteiger partial charge in [-0.05, 0) is 35.7 Å². The van der Waals surface area contributed by atoms with Crippen molar-refractivity contribution in [3.8, 4) is 5.75 Å². The molecule has 3 nitrogen and oxygen atoms in total. The normalized spacial score (nSPS) is 10.6. The van der Waals surface area contributed by atoms with Gasteiger partial charge in [0.05, 0.1) is 5.69 Å². The van der Waals surface area contributed by atoms with Crippen molar-refractivity contribution in [3.63, 3.8) is 0 Å². The van der Waals surface area contributed by atoms with E-state index in [-0.39, 0.29) is 17.2 Å². The van der Waals surface area contributed by atoms with Crippen molar-refractivity contribution in [2.75, 3.05) is 5.32 Å². The average Bonchev–Trinajstić information content (AvgIpc) is 3.05. The molecule has 8 heteroatoms. The first kappa shape index (κ1) is 18.6. The minimum absolute atomic E-state index is 0.114. The second-order valence-corrected chi connectivity index (χ2v) is 6.98. The molecule has 0 spiro atoms. The first-order chi connectivity index (χ1) is 12.4. The van der Waals surface area contributed by atoms with Crippen molar-refractivity contribution < 1.29 is 18.3 Å². The summed E-state index contributed by atoms with van der Waals surface area (Å²) < 4.78 is 32.3. The summed E-state index contributed by atoms with van der Waals surface area (Å²) in [6.07, 6.45) is 0. The molecule has 3 aromatic rings. The summed E-state index contributed by atoms with van der Waals surface area (Å²) in [5.41, 5.74) is 0.592. The van der Waals surface area contributed by atoms with E-state index in [0.717, 1.165) is 23.5 Å². The lowest BCUT2D eigenvalue weighted by Crippen LogP contribution is -2.13. The van der Waals surface area contributed by atoms with Crippen molar-refractivity contribution in [3.05, 3.63) is 80.0 Å². The summed E-state index contributed by atoms with van der Waals surface area (Å²) in [6, 6.07) is 9.56. The van der Waals surface area contributed by atoms with Crippen molar-refractivity contribution in [1.29, 1.82) is 0 Å². The largest absolute Gasteiger partial charge is 0.487 e. The average molecular weight is 414 g/mol. The second-order valence-electron chi connectivity index (χ2n) is 5.22. The number of carbonyl (C=O) groups is 1. The van der Waals surface area contributed by atoms with Crippen LogP contribution in [0.3, 0.4) is 0 Å². The highest BCUT2D eigenvalue weighted by Crippen LogP contribution is 2.29. The number of amides is 1. The van der Waals surface area contributed by atoms with E-state index in [1.54, 1.807) is 29.6 Å². The van der Waals surface area contributed by atoms with E-state index in [2.05, 4.69) is 5.32 Å². The van der Waals surface area contributed by atoms with E-state index in [1.165, 1.54) is 0 Å². The molecule has 26 heavy (non-hydrogen) atoms. The van der Waals surface area contributed by atoms with Crippen LogP contribution in [0.4, 0.5) is 14.5 Å². The lowest BCUT2D eigenvalue weighted by Gasteiger charge is -2.10. The maximum Gasteiger partial charge on any atom is 0.269 e. The van der Waals surface area contributed by atoms with Crippen LogP contribution in [0.15, 0.2) is 47.8 Å². The molecule has 3 rings (SSSR count). The highest BCUT2D eigenvalue weighted by Gasteiger charge is 2.17. The molecule has 1 heterocycles. The predicted octanol–water partition coefficient (Wildman–Crippen LogP) is 6.16. The second kappa shape index (κ2) is 8.03. The number of benzene rings is 2. The van der Waals surface area contributed by atoms with E-state index < -0.39 is 17.5 Å². The summed E-state index contributed by atoms with van der Waals surface area (Å²) in [4.78, 5) is 12.6. The first-order valence-electron chi connectivity index (χ1n) is 7.34. The standard InChI is InChI=1S/C18H11Cl2F2NO2S/c19-11-2-1-10(13(20)7-11)9-25-16-5-6-26-17(16)18(24)23-15-4-3-12(21)8-14(15)22/h1-8H,9H2,(H,23,24). The fraction of sp³-hybridized carbons (Fsp3) is 0.0556. The molecule has 0 aliphatic carbocycles. The van der Waals surface area contributed by atoms with E-state index in [9.17, 15) is 13.6 Å². The van der Waals surface area contributed by atoms with Crippen LogP contribution in [0, 0.1) is 11.6 Å². The number of rotatable bonds is 5. The van der Waals surface area contributed by atoms with Crippen LogP contribution in [-0.2, 0) is 6.61 Å². The minimum Gasteiger partial charge on any atom is -0.487 e. The number of ether oxygens (including phenoxy) is 1. The van der Waals surface area contributed by atoms with Gasteiger partial charge in [-0.15, -0.1) is 11.3 Å². The van der Waals surface area contributed by atoms with Gasteiger partial charge >= 0.3 is 0 Å². The summed E-state index contributed by atoms with van der Waals surface area (Å²) in [7, 11) is 0. The van der Waals surface area contributed by atoms with E-state index >= 15 is 0 Å². The summed E-state index contributed by atoms with van der Waals surface area (Å²) in [5, 5.41) is 5.04. The Bertz CT molecular complexity index is 962. The Balaban J connectivity index is 1.72. The Labute approximate surface area is 162 Å². The van der Waals surface area contributed by atoms with E-state index in [0.29, 0.717) is 27.4 Å². The van der Waals surface area contributed by atoms with Crippen LogP contribution < -0.4 is 10.1 Å². The Morgan fingerprint density at radius 1 is 1.12 bits per heavy atom. The lowest BCUT2D eigenvalue weighted by molar-refractivity contribution is 0.102. The van der Waals surface area contributed by atoms with Crippen molar-refractivity contribution in [2.45, 2.75) is 6.61 Å². The third kappa shape index (κ3) is 4.33. The Morgan fingerprint density at radius 2 is 1.92 bits per heavy atom. The predicted molar refractivity (Wildman–Crippen MR) is 99.4 cm³/mol. The number of hydrogen-bond acceptors (Lipinski definition) is 3. The number of thiophene rings is 1. The van der Waals surface area contributed by atoms with Gasteiger partial charge in [-0.1, -0.05) is 29.3 Å². The molecule has 0 bridgehead atoms.